The van der Waals surface area contributed by atoms with E-state index in [0.717, 1.165) is 0 Å². The molecule has 0 bridgehead atoms. The summed E-state index contributed by atoms with van der Waals surface area (Å²) in [6.45, 7) is -0.291. The van der Waals surface area contributed by atoms with Crippen molar-refractivity contribution in [3.8, 4) is 5.75 Å². The lowest BCUT2D eigenvalue weighted by atomic mass is 10.1. The first-order chi connectivity index (χ1) is 7.24. The maximum atomic E-state index is 9.06. The molecule has 15 heavy (non-hydrogen) atoms. The van der Waals surface area contributed by atoms with Gasteiger partial charge in [-0.15, -0.1) is 0 Å². The highest BCUT2D eigenvalue weighted by Gasteiger charge is 2.15. The molecule has 0 aliphatic carbocycles. The lowest BCUT2D eigenvalue weighted by molar-refractivity contribution is 0.264. The third-order valence-electron chi connectivity index (χ3n) is 1.92. The van der Waals surface area contributed by atoms with Gasteiger partial charge in [-0.25, -0.2) is 0 Å². The minimum absolute atomic E-state index is 0.291. The van der Waals surface area contributed by atoms with Gasteiger partial charge in [0.1, 0.15) is 5.75 Å². The van der Waals surface area contributed by atoms with Crippen molar-refractivity contribution < 1.29 is 9.84 Å². The van der Waals surface area contributed by atoms with Crippen LogP contribution in [0.4, 0.5) is 0 Å². The molecule has 1 unspecified atom stereocenters. The van der Waals surface area contributed by atoms with Crippen LogP contribution in [0.5, 0.6) is 5.75 Å². The van der Waals surface area contributed by atoms with Crippen molar-refractivity contribution in [1.29, 1.82) is 0 Å². The summed E-state index contributed by atoms with van der Waals surface area (Å²) < 4.78 is 5.08. The van der Waals surface area contributed by atoms with Crippen molar-refractivity contribution >= 4 is 11.6 Å². The van der Waals surface area contributed by atoms with E-state index in [0.29, 0.717) is 16.3 Å². The van der Waals surface area contributed by atoms with Crippen LogP contribution >= 0.6 is 11.6 Å². The highest BCUT2D eigenvalue weighted by molar-refractivity contribution is 6.32. The monoisotopic (exact) mass is 227 g/mol. The Labute approximate surface area is 91.9 Å². The summed E-state index contributed by atoms with van der Waals surface area (Å²) in [5, 5.41) is 12.9. The number of benzene rings is 1. The zero-order valence-corrected chi connectivity index (χ0v) is 8.85. The molecule has 0 aliphatic rings. The highest BCUT2D eigenvalue weighted by atomic mass is 35.5. The summed E-state index contributed by atoms with van der Waals surface area (Å²) in [4.78, 5) is 2.65. The second-order valence-corrected chi connectivity index (χ2v) is 3.17. The SMILES string of the molecule is COc1c(Cl)cccc1C(CO)N=[N+]=[N-]. The van der Waals surface area contributed by atoms with Crippen molar-refractivity contribution in [1.82, 2.24) is 0 Å². The van der Waals surface area contributed by atoms with Gasteiger partial charge in [-0.2, -0.15) is 0 Å². The molecular weight excluding hydrogens is 218 g/mol. The van der Waals surface area contributed by atoms with Crippen molar-refractivity contribution in [3.05, 3.63) is 39.2 Å². The predicted molar refractivity (Wildman–Crippen MR) is 57.0 cm³/mol. The molecule has 1 aromatic rings. The van der Waals surface area contributed by atoms with E-state index < -0.39 is 6.04 Å². The zero-order chi connectivity index (χ0) is 11.3. The average molecular weight is 228 g/mol. The fourth-order valence-electron chi connectivity index (χ4n) is 1.26. The summed E-state index contributed by atoms with van der Waals surface area (Å²) in [5.74, 6) is 0.422. The molecule has 0 heterocycles. The summed E-state index contributed by atoms with van der Waals surface area (Å²) in [6.07, 6.45) is 0. The van der Waals surface area contributed by atoms with E-state index in [1.165, 1.54) is 7.11 Å². The Hall–Kier alpha value is -1.42. The van der Waals surface area contributed by atoms with Crippen LogP contribution in [0.3, 0.4) is 0 Å². The van der Waals surface area contributed by atoms with Gasteiger partial charge in [-0.05, 0) is 11.6 Å². The lowest BCUT2D eigenvalue weighted by Gasteiger charge is -2.13. The number of azide groups is 1. The molecule has 0 radical (unpaired) electrons. The van der Waals surface area contributed by atoms with Crippen molar-refractivity contribution in [2.75, 3.05) is 13.7 Å². The largest absolute Gasteiger partial charge is 0.495 e. The van der Waals surface area contributed by atoms with Gasteiger partial charge in [0.05, 0.1) is 24.8 Å². The third-order valence-corrected chi connectivity index (χ3v) is 2.22. The van der Waals surface area contributed by atoms with E-state index in [4.69, 9.17) is 27.0 Å². The molecule has 1 rings (SSSR count). The maximum Gasteiger partial charge on any atom is 0.141 e. The van der Waals surface area contributed by atoms with Gasteiger partial charge in [0.15, 0.2) is 0 Å². The topological polar surface area (TPSA) is 78.2 Å². The highest BCUT2D eigenvalue weighted by Crippen LogP contribution is 2.33. The number of hydrogen-bond acceptors (Lipinski definition) is 3. The molecule has 1 atom stereocenters. The number of methoxy groups -OCH3 is 1. The molecule has 1 N–H and O–H groups in total. The Morgan fingerprint density at radius 3 is 2.93 bits per heavy atom. The summed E-state index contributed by atoms with van der Waals surface area (Å²) >= 11 is 5.89. The molecule has 0 fully saturated rings. The Kier molecular flexibility index (Phi) is 4.24. The van der Waals surface area contributed by atoms with Crippen molar-refractivity contribution in [3.63, 3.8) is 0 Å². The van der Waals surface area contributed by atoms with E-state index in [2.05, 4.69) is 10.0 Å². The number of rotatable bonds is 4. The first-order valence-corrected chi connectivity index (χ1v) is 4.59. The fourth-order valence-corrected chi connectivity index (χ4v) is 1.52. The van der Waals surface area contributed by atoms with Crippen LogP contribution in [0, 0.1) is 0 Å². The fraction of sp³-hybridized carbons (Fsp3) is 0.333. The van der Waals surface area contributed by atoms with Gasteiger partial charge in [0.2, 0.25) is 0 Å². The summed E-state index contributed by atoms with van der Waals surface area (Å²) in [6, 6.07) is 4.38. The molecule has 0 amide bonds. The predicted octanol–water partition coefficient (Wildman–Crippen LogP) is 2.69. The first kappa shape index (κ1) is 11.7. The quantitative estimate of drug-likeness (QED) is 0.488. The van der Waals surface area contributed by atoms with Crippen LogP contribution < -0.4 is 4.74 Å². The first-order valence-electron chi connectivity index (χ1n) is 4.22. The average Bonchev–Trinajstić information content (AvgIpc) is 2.25. The summed E-state index contributed by atoms with van der Waals surface area (Å²) in [5.41, 5.74) is 8.91. The summed E-state index contributed by atoms with van der Waals surface area (Å²) in [7, 11) is 1.47. The van der Waals surface area contributed by atoms with Crippen LogP contribution in [0.15, 0.2) is 23.3 Å². The number of nitrogens with zero attached hydrogens (tertiary/aromatic N) is 3. The minimum atomic E-state index is -0.677. The molecule has 0 spiro atoms. The van der Waals surface area contributed by atoms with Gasteiger partial charge in [-0.3, -0.25) is 0 Å². The van der Waals surface area contributed by atoms with Crippen LogP contribution in [-0.2, 0) is 0 Å². The van der Waals surface area contributed by atoms with Crippen LogP contribution in [0.1, 0.15) is 11.6 Å². The van der Waals surface area contributed by atoms with Gasteiger partial charge in [0, 0.05) is 10.5 Å². The molecular formula is C9H10ClN3O2. The smallest absolute Gasteiger partial charge is 0.141 e. The van der Waals surface area contributed by atoms with E-state index in [9.17, 15) is 0 Å². The van der Waals surface area contributed by atoms with Gasteiger partial charge in [0.25, 0.3) is 0 Å². The normalized spacial score (nSPS) is 11.7. The minimum Gasteiger partial charge on any atom is -0.495 e. The van der Waals surface area contributed by atoms with E-state index in [1.807, 2.05) is 0 Å². The van der Waals surface area contributed by atoms with Crippen molar-refractivity contribution in [2.45, 2.75) is 6.04 Å². The third kappa shape index (κ3) is 2.53. The van der Waals surface area contributed by atoms with Crippen LogP contribution in [0.2, 0.25) is 5.02 Å². The van der Waals surface area contributed by atoms with E-state index >= 15 is 0 Å². The second-order valence-electron chi connectivity index (χ2n) is 2.77. The molecule has 6 heteroatoms. The second kappa shape index (κ2) is 5.46. The standard InChI is InChI=1S/C9H10ClN3O2/c1-15-9-6(3-2-4-7(9)10)8(5-14)12-13-11/h2-4,8,14H,5H2,1H3. The number of para-hydroxylation sites is 1. The molecule has 0 aliphatic heterocycles. The van der Waals surface area contributed by atoms with Crippen molar-refractivity contribution in [2.24, 2.45) is 5.11 Å². The zero-order valence-electron chi connectivity index (χ0n) is 8.09. The number of aliphatic hydroxyl groups is 1. The molecule has 5 nitrogen and oxygen atoms in total. The number of hydrogen-bond donors (Lipinski definition) is 1. The van der Waals surface area contributed by atoms with Crippen LogP contribution in [0.25, 0.3) is 10.4 Å². The number of ether oxygens (including phenoxy) is 1. The van der Waals surface area contributed by atoms with Gasteiger partial charge in [-0.1, -0.05) is 28.8 Å². The van der Waals surface area contributed by atoms with Gasteiger partial charge >= 0.3 is 0 Å². The molecule has 80 valence electrons. The Bertz CT molecular complexity index is 391. The number of halogens is 1. The molecule has 1 aromatic carbocycles. The van der Waals surface area contributed by atoms with Crippen LogP contribution in [-0.4, -0.2) is 18.8 Å². The molecule has 0 saturated heterocycles. The Morgan fingerprint density at radius 2 is 2.40 bits per heavy atom. The maximum absolute atomic E-state index is 9.06. The molecule has 0 aromatic heterocycles. The van der Waals surface area contributed by atoms with E-state index in [-0.39, 0.29) is 6.61 Å². The van der Waals surface area contributed by atoms with E-state index in [1.54, 1.807) is 18.2 Å². The Balaban J connectivity index is 3.21. The lowest BCUT2D eigenvalue weighted by Crippen LogP contribution is -2.03. The Morgan fingerprint density at radius 1 is 1.67 bits per heavy atom. The number of aliphatic hydroxyl groups excluding tert-OH is 1. The molecule has 0 saturated carbocycles. The van der Waals surface area contributed by atoms with Gasteiger partial charge < -0.3 is 9.84 Å².